The van der Waals surface area contributed by atoms with Gasteiger partial charge in [0.25, 0.3) is 0 Å². The van der Waals surface area contributed by atoms with Gasteiger partial charge in [-0.25, -0.2) is 4.98 Å². The van der Waals surface area contributed by atoms with Crippen molar-refractivity contribution in [3.63, 3.8) is 0 Å². The second kappa shape index (κ2) is 6.06. The first kappa shape index (κ1) is 13.1. The highest BCUT2D eigenvalue weighted by molar-refractivity contribution is 7.17. The predicted molar refractivity (Wildman–Crippen MR) is 87.5 cm³/mol. The van der Waals surface area contributed by atoms with Crippen molar-refractivity contribution in [2.45, 2.75) is 25.8 Å². The van der Waals surface area contributed by atoms with E-state index in [1.165, 1.54) is 15.6 Å². The summed E-state index contributed by atoms with van der Waals surface area (Å²) in [5.74, 6) is 1.00. The van der Waals surface area contributed by atoms with Crippen LogP contribution < -0.4 is 5.32 Å². The van der Waals surface area contributed by atoms with Crippen LogP contribution in [-0.4, -0.2) is 11.0 Å². The van der Waals surface area contributed by atoms with Gasteiger partial charge in [0.05, 0.1) is 0 Å². The Hall–Kier alpha value is -1.87. The molecule has 1 atom stereocenters. The summed E-state index contributed by atoms with van der Waals surface area (Å²) in [4.78, 5) is 4.47. The minimum Gasteiger partial charge on any atom is -0.367 e. The number of hydrogen-bond donors (Lipinski definition) is 1. The smallest absolute Gasteiger partial charge is 0.134 e. The van der Waals surface area contributed by atoms with Crippen LogP contribution in [0.5, 0.6) is 0 Å². The van der Waals surface area contributed by atoms with Gasteiger partial charge in [-0.2, -0.15) is 0 Å². The summed E-state index contributed by atoms with van der Waals surface area (Å²) in [7, 11) is 0. The molecule has 1 unspecified atom stereocenters. The van der Waals surface area contributed by atoms with E-state index < -0.39 is 0 Å². The third-order valence-corrected chi connectivity index (χ3v) is 4.35. The van der Waals surface area contributed by atoms with Gasteiger partial charge >= 0.3 is 0 Å². The van der Waals surface area contributed by atoms with Crippen LogP contribution in [0, 0.1) is 0 Å². The quantitative estimate of drug-likeness (QED) is 0.731. The Morgan fingerprint density at radius 1 is 1.15 bits per heavy atom. The number of nitrogens with one attached hydrogen (secondary N) is 1. The molecule has 2 aromatic heterocycles. The molecule has 1 N–H and O–H groups in total. The van der Waals surface area contributed by atoms with Crippen LogP contribution in [-0.2, 0) is 6.42 Å². The molecule has 102 valence electrons. The molecule has 0 saturated carbocycles. The summed E-state index contributed by atoms with van der Waals surface area (Å²) in [6, 6.07) is 15.2. The van der Waals surface area contributed by atoms with Gasteiger partial charge in [-0.1, -0.05) is 30.3 Å². The van der Waals surface area contributed by atoms with Gasteiger partial charge in [0.1, 0.15) is 5.82 Å². The van der Waals surface area contributed by atoms with E-state index in [1.807, 2.05) is 6.20 Å². The predicted octanol–water partition coefficient (Wildman–Crippen LogP) is 4.73. The largest absolute Gasteiger partial charge is 0.367 e. The Bertz CT molecular complexity index is 676. The lowest BCUT2D eigenvalue weighted by atomic mass is 10.1. The number of aromatic nitrogens is 1. The number of rotatable bonds is 5. The second-order valence-electron chi connectivity index (χ2n) is 5.06. The third-order valence-electron chi connectivity index (χ3n) is 3.47. The number of aryl methyl sites for hydroxylation is 1. The normalized spacial score (nSPS) is 12.4. The van der Waals surface area contributed by atoms with Crippen LogP contribution in [0.3, 0.4) is 0 Å². The molecule has 0 radical (unpaired) electrons. The van der Waals surface area contributed by atoms with Crippen LogP contribution in [0.1, 0.15) is 18.9 Å². The third kappa shape index (κ3) is 2.99. The highest BCUT2D eigenvalue weighted by Gasteiger charge is 2.07. The van der Waals surface area contributed by atoms with Crippen LogP contribution in [0.2, 0.25) is 0 Å². The summed E-state index contributed by atoms with van der Waals surface area (Å²) in [6.07, 6.45) is 4.08. The fourth-order valence-electron chi connectivity index (χ4n) is 2.34. The molecule has 3 rings (SSSR count). The van der Waals surface area contributed by atoms with Crippen molar-refractivity contribution in [2.24, 2.45) is 0 Å². The van der Waals surface area contributed by atoms with Crippen molar-refractivity contribution in [2.75, 3.05) is 5.32 Å². The second-order valence-corrected chi connectivity index (χ2v) is 6.01. The Kier molecular flexibility index (Phi) is 3.97. The van der Waals surface area contributed by atoms with Crippen LogP contribution in [0.25, 0.3) is 10.1 Å². The van der Waals surface area contributed by atoms with E-state index in [2.05, 4.69) is 65.1 Å². The first-order valence-corrected chi connectivity index (χ1v) is 7.83. The van der Waals surface area contributed by atoms with Crippen LogP contribution in [0.15, 0.2) is 54.0 Å². The number of nitrogens with zero attached hydrogens (tertiary/aromatic N) is 1. The van der Waals surface area contributed by atoms with Crippen molar-refractivity contribution in [1.82, 2.24) is 4.98 Å². The molecule has 2 heterocycles. The molecule has 0 aliphatic heterocycles. The van der Waals surface area contributed by atoms with Gasteiger partial charge in [0.15, 0.2) is 0 Å². The number of anilines is 1. The number of benzene rings is 1. The molecule has 1 aromatic carbocycles. The first-order chi connectivity index (χ1) is 9.83. The van der Waals surface area contributed by atoms with E-state index in [9.17, 15) is 0 Å². The average Bonchev–Trinajstić information content (AvgIpc) is 2.96. The highest BCUT2D eigenvalue weighted by Crippen LogP contribution is 2.26. The van der Waals surface area contributed by atoms with E-state index in [1.54, 1.807) is 11.3 Å². The fourth-order valence-corrected chi connectivity index (χ4v) is 3.12. The lowest BCUT2D eigenvalue weighted by Crippen LogP contribution is -2.16. The van der Waals surface area contributed by atoms with Gasteiger partial charge in [0, 0.05) is 22.3 Å². The molecular formula is C17H18N2S. The van der Waals surface area contributed by atoms with Gasteiger partial charge in [-0.05, 0) is 42.8 Å². The summed E-state index contributed by atoms with van der Waals surface area (Å²) in [6.45, 7) is 2.22. The molecular weight excluding hydrogens is 264 g/mol. The molecule has 0 saturated heterocycles. The summed E-state index contributed by atoms with van der Waals surface area (Å²) < 4.78 is 1.29. The van der Waals surface area contributed by atoms with E-state index in [-0.39, 0.29) is 0 Å². The Morgan fingerprint density at radius 2 is 2.00 bits per heavy atom. The lowest BCUT2D eigenvalue weighted by Gasteiger charge is -2.15. The standard InChI is InChI=1S/C17H18N2S/c1-13(7-8-14-5-3-2-4-6-14)19-17-15-10-12-20-16(15)9-11-18-17/h2-6,9-13H,7-8H2,1H3,(H,18,19). The number of fused-ring (bicyclic) bond motifs is 1. The minimum absolute atomic E-state index is 0.410. The monoisotopic (exact) mass is 282 g/mol. The van der Waals surface area contributed by atoms with E-state index in [4.69, 9.17) is 0 Å². The van der Waals surface area contributed by atoms with Gasteiger partial charge in [-0.3, -0.25) is 0 Å². The molecule has 20 heavy (non-hydrogen) atoms. The molecule has 3 aromatic rings. The lowest BCUT2D eigenvalue weighted by molar-refractivity contribution is 0.704. The van der Waals surface area contributed by atoms with Crippen molar-refractivity contribution in [3.8, 4) is 0 Å². The van der Waals surface area contributed by atoms with Crippen molar-refractivity contribution >= 4 is 27.2 Å². The summed E-state index contributed by atoms with van der Waals surface area (Å²) >= 11 is 1.76. The van der Waals surface area contributed by atoms with Gasteiger partial charge in [0.2, 0.25) is 0 Å². The van der Waals surface area contributed by atoms with E-state index in [0.29, 0.717) is 6.04 Å². The number of pyridine rings is 1. The topological polar surface area (TPSA) is 24.9 Å². The summed E-state index contributed by atoms with van der Waals surface area (Å²) in [5, 5.41) is 6.88. The minimum atomic E-state index is 0.410. The molecule has 0 amide bonds. The Labute approximate surface area is 123 Å². The van der Waals surface area contributed by atoms with E-state index >= 15 is 0 Å². The molecule has 0 bridgehead atoms. The molecule has 0 fully saturated rings. The molecule has 2 nitrogen and oxygen atoms in total. The van der Waals surface area contributed by atoms with Crippen molar-refractivity contribution < 1.29 is 0 Å². The van der Waals surface area contributed by atoms with Crippen LogP contribution in [0.4, 0.5) is 5.82 Å². The first-order valence-electron chi connectivity index (χ1n) is 6.95. The van der Waals surface area contributed by atoms with Crippen molar-refractivity contribution in [1.29, 1.82) is 0 Å². The molecule has 0 aliphatic rings. The Balaban J connectivity index is 1.64. The zero-order valence-corrected chi connectivity index (χ0v) is 12.4. The van der Waals surface area contributed by atoms with Gasteiger partial charge < -0.3 is 5.32 Å². The number of hydrogen-bond acceptors (Lipinski definition) is 3. The summed E-state index contributed by atoms with van der Waals surface area (Å²) in [5.41, 5.74) is 1.39. The molecule has 0 aliphatic carbocycles. The Morgan fingerprint density at radius 3 is 2.85 bits per heavy atom. The van der Waals surface area contributed by atoms with Crippen molar-refractivity contribution in [3.05, 3.63) is 59.6 Å². The molecule has 0 spiro atoms. The zero-order valence-electron chi connectivity index (χ0n) is 11.5. The zero-order chi connectivity index (χ0) is 13.8. The van der Waals surface area contributed by atoms with Gasteiger partial charge in [-0.15, -0.1) is 11.3 Å². The maximum Gasteiger partial charge on any atom is 0.134 e. The maximum atomic E-state index is 4.47. The molecule has 3 heteroatoms. The van der Waals surface area contributed by atoms with E-state index in [0.717, 1.165) is 18.7 Å². The van der Waals surface area contributed by atoms with Crippen LogP contribution >= 0.6 is 11.3 Å². The maximum absolute atomic E-state index is 4.47. The fraction of sp³-hybridized carbons (Fsp3) is 0.235. The SMILES string of the molecule is CC(CCc1ccccc1)Nc1nccc2sccc12. The average molecular weight is 282 g/mol. The number of thiophene rings is 1. The highest BCUT2D eigenvalue weighted by atomic mass is 32.1.